The standard InChI is InChI=1S/C25H22N4O/c1-4-25(3,5-2)27-24(30)21-17-23-26-20(18-12-8-6-9-13-18)16-22(29(23)28-21)19-14-10-7-11-15-19/h1,6-17H,5H2,2-3H3,(H,27,30)/t25-/m0/s1. The Hall–Kier alpha value is -3.91. The van der Waals surface area contributed by atoms with Gasteiger partial charge in [0.05, 0.1) is 16.9 Å². The number of rotatable bonds is 5. The number of carbonyl (C=O) groups is 1. The number of terminal acetylenes is 1. The number of aromatic nitrogens is 3. The van der Waals surface area contributed by atoms with Gasteiger partial charge in [0.2, 0.25) is 0 Å². The SMILES string of the molecule is C#C[C@@](C)(CC)NC(=O)c1cc2nc(-c3ccccc3)cc(-c3ccccc3)n2n1. The second kappa shape index (κ2) is 7.84. The molecular weight excluding hydrogens is 372 g/mol. The smallest absolute Gasteiger partial charge is 0.273 e. The average Bonchev–Trinajstić information content (AvgIpc) is 3.24. The van der Waals surface area contributed by atoms with Crippen LogP contribution >= 0.6 is 0 Å². The molecular formula is C25H22N4O. The van der Waals surface area contributed by atoms with Crippen LogP contribution in [0.15, 0.2) is 72.8 Å². The van der Waals surface area contributed by atoms with Gasteiger partial charge in [-0.25, -0.2) is 9.50 Å². The van der Waals surface area contributed by atoms with Crippen LogP contribution in [0, 0.1) is 12.3 Å². The Labute approximate surface area is 175 Å². The van der Waals surface area contributed by atoms with Crippen LogP contribution in [-0.2, 0) is 0 Å². The molecule has 5 nitrogen and oxygen atoms in total. The van der Waals surface area contributed by atoms with E-state index in [1.165, 1.54) is 0 Å². The van der Waals surface area contributed by atoms with Gasteiger partial charge in [-0.2, -0.15) is 5.10 Å². The Morgan fingerprint density at radius 2 is 1.70 bits per heavy atom. The lowest BCUT2D eigenvalue weighted by Gasteiger charge is -2.22. The second-order valence-corrected chi connectivity index (χ2v) is 7.34. The van der Waals surface area contributed by atoms with E-state index in [0.29, 0.717) is 12.1 Å². The second-order valence-electron chi connectivity index (χ2n) is 7.34. The van der Waals surface area contributed by atoms with E-state index in [1.807, 2.05) is 80.6 Å². The van der Waals surface area contributed by atoms with E-state index in [-0.39, 0.29) is 11.6 Å². The highest BCUT2D eigenvalue weighted by Gasteiger charge is 2.24. The number of nitrogens with one attached hydrogen (secondary N) is 1. The molecule has 0 saturated heterocycles. The van der Waals surface area contributed by atoms with Crippen molar-refractivity contribution in [3.63, 3.8) is 0 Å². The Morgan fingerprint density at radius 3 is 2.30 bits per heavy atom. The molecule has 148 valence electrons. The number of fused-ring (bicyclic) bond motifs is 1. The molecule has 0 unspecified atom stereocenters. The monoisotopic (exact) mass is 394 g/mol. The fourth-order valence-corrected chi connectivity index (χ4v) is 3.20. The van der Waals surface area contributed by atoms with E-state index in [1.54, 1.807) is 10.6 Å². The molecule has 0 bridgehead atoms. The van der Waals surface area contributed by atoms with Crippen molar-refractivity contribution in [3.8, 4) is 34.9 Å². The van der Waals surface area contributed by atoms with Gasteiger partial charge in [-0.15, -0.1) is 6.42 Å². The topological polar surface area (TPSA) is 59.3 Å². The maximum absolute atomic E-state index is 12.8. The molecule has 1 N–H and O–H groups in total. The van der Waals surface area contributed by atoms with Gasteiger partial charge in [-0.1, -0.05) is 73.5 Å². The Morgan fingerprint density at radius 1 is 1.07 bits per heavy atom. The number of nitrogens with zero attached hydrogens (tertiary/aromatic N) is 3. The molecule has 2 aromatic carbocycles. The first-order valence-corrected chi connectivity index (χ1v) is 9.85. The lowest BCUT2D eigenvalue weighted by atomic mass is 10.0. The van der Waals surface area contributed by atoms with Gasteiger partial charge < -0.3 is 5.32 Å². The van der Waals surface area contributed by atoms with E-state index in [0.717, 1.165) is 22.5 Å². The Bertz CT molecular complexity index is 1240. The van der Waals surface area contributed by atoms with E-state index >= 15 is 0 Å². The molecule has 30 heavy (non-hydrogen) atoms. The molecule has 1 amide bonds. The molecule has 0 radical (unpaired) electrons. The lowest BCUT2D eigenvalue weighted by molar-refractivity contribution is 0.0918. The summed E-state index contributed by atoms with van der Waals surface area (Å²) in [5.41, 5.74) is 3.80. The summed E-state index contributed by atoms with van der Waals surface area (Å²) in [6.07, 6.45) is 6.22. The number of hydrogen-bond donors (Lipinski definition) is 1. The quantitative estimate of drug-likeness (QED) is 0.504. The number of carbonyl (C=O) groups excluding carboxylic acids is 1. The molecule has 4 rings (SSSR count). The minimum atomic E-state index is -0.724. The summed E-state index contributed by atoms with van der Waals surface area (Å²) in [6, 6.07) is 23.6. The van der Waals surface area contributed by atoms with Gasteiger partial charge in [0.1, 0.15) is 0 Å². The highest BCUT2D eigenvalue weighted by molar-refractivity contribution is 5.94. The summed E-state index contributed by atoms with van der Waals surface area (Å²) in [6.45, 7) is 3.76. The minimum absolute atomic E-state index is 0.278. The van der Waals surface area contributed by atoms with Crippen LogP contribution in [0.2, 0.25) is 0 Å². The fourth-order valence-electron chi connectivity index (χ4n) is 3.20. The van der Waals surface area contributed by atoms with Crippen molar-refractivity contribution in [1.82, 2.24) is 19.9 Å². The van der Waals surface area contributed by atoms with Gasteiger partial charge in [-0.05, 0) is 19.4 Å². The summed E-state index contributed by atoms with van der Waals surface area (Å²) in [7, 11) is 0. The third-order valence-electron chi connectivity index (χ3n) is 5.21. The number of hydrogen-bond acceptors (Lipinski definition) is 3. The van der Waals surface area contributed by atoms with Gasteiger partial charge in [0.25, 0.3) is 5.91 Å². The number of amides is 1. The molecule has 0 spiro atoms. The zero-order valence-corrected chi connectivity index (χ0v) is 17.0. The molecule has 0 aliphatic heterocycles. The van der Waals surface area contributed by atoms with Crippen LogP contribution in [0.5, 0.6) is 0 Å². The molecule has 5 heteroatoms. The zero-order valence-electron chi connectivity index (χ0n) is 17.0. The first-order chi connectivity index (χ1) is 14.5. The molecule has 2 heterocycles. The predicted molar refractivity (Wildman–Crippen MR) is 119 cm³/mol. The Kier molecular flexibility index (Phi) is 5.07. The van der Waals surface area contributed by atoms with E-state index in [2.05, 4.69) is 16.3 Å². The molecule has 2 aromatic heterocycles. The summed E-state index contributed by atoms with van der Waals surface area (Å²) in [5, 5.41) is 7.45. The first kappa shape index (κ1) is 19.4. The third kappa shape index (κ3) is 3.68. The summed E-state index contributed by atoms with van der Waals surface area (Å²) < 4.78 is 1.70. The number of benzene rings is 2. The van der Waals surface area contributed by atoms with Crippen LogP contribution < -0.4 is 5.32 Å². The zero-order chi connectivity index (χ0) is 21.1. The van der Waals surface area contributed by atoms with Gasteiger partial charge >= 0.3 is 0 Å². The van der Waals surface area contributed by atoms with Crippen LogP contribution in [0.1, 0.15) is 30.8 Å². The van der Waals surface area contributed by atoms with Crippen molar-refractivity contribution >= 4 is 11.6 Å². The molecule has 1 atom stereocenters. The van der Waals surface area contributed by atoms with Crippen molar-refractivity contribution in [3.05, 3.63) is 78.5 Å². The van der Waals surface area contributed by atoms with Crippen LogP contribution in [-0.4, -0.2) is 26.0 Å². The average molecular weight is 394 g/mol. The van der Waals surface area contributed by atoms with Crippen molar-refractivity contribution < 1.29 is 4.79 Å². The van der Waals surface area contributed by atoms with Crippen molar-refractivity contribution in [2.75, 3.05) is 0 Å². The molecule has 0 aliphatic rings. The lowest BCUT2D eigenvalue weighted by Crippen LogP contribution is -2.44. The van der Waals surface area contributed by atoms with Crippen molar-refractivity contribution in [2.24, 2.45) is 0 Å². The van der Waals surface area contributed by atoms with Crippen molar-refractivity contribution in [2.45, 2.75) is 25.8 Å². The Balaban J connectivity index is 1.86. The fraction of sp³-hybridized carbons (Fsp3) is 0.160. The highest BCUT2D eigenvalue weighted by Crippen LogP contribution is 2.26. The molecule has 0 fully saturated rings. The maximum atomic E-state index is 12.8. The van der Waals surface area contributed by atoms with E-state index in [4.69, 9.17) is 11.4 Å². The molecule has 0 aliphatic carbocycles. The minimum Gasteiger partial charge on any atom is -0.335 e. The van der Waals surface area contributed by atoms with Gasteiger partial charge in [0.15, 0.2) is 11.3 Å². The van der Waals surface area contributed by atoms with Crippen LogP contribution in [0.4, 0.5) is 0 Å². The van der Waals surface area contributed by atoms with Crippen LogP contribution in [0.25, 0.3) is 28.2 Å². The largest absolute Gasteiger partial charge is 0.335 e. The van der Waals surface area contributed by atoms with Gasteiger partial charge in [-0.3, -0.25) is 4.79 Å². The van der Waals surface area contributed by atoms with Crippen LogP contribution in [0.3, 0.4) is 0 Å². The maximum Gasteiger partial charge on any atom is 0.273 e. The molecule has 0 saturated carbocycles. The van der Waals surface area contributed by atoms with Crippen molar-refractivity contribution in [1.29, 1.82) is 0 Å². The van der Waals surface area contributed by atoms with Gasteiger partial charge in [0, 0.05) is 17.2 Å². The van der Waals surface area contributed by atoms with E-state index < -0.39 is 5.54 Å². The van der Waals surface area contributed by atoms with E-state index in [9.17, 15) is 4.79 Å². The summed E-state index contributed by atoms with van der Waals surface area (Å²) in [5.74, 6) is 2.33. The summed E-state index contributed by atoms with van der Waals surface area (Å²) in [4.78, 5) is 17.6. The third-order valence-corrected chi connectivity index (χ3v) is 5.21. The summed E-state index contributed by atoms with van der Waals surface area (Å²) >= 11 is 0. The first-order valence-electron chi connectivity index (χ1n) is 9.85. The molecule has 4 aromatic rings. The predicted octanol–water partition coefficient (Wildman–Crippen LogP) is 4.60. The highest BCUT2D eigenvalue weighted by atomic mass is 16.2. The normalized spacial score (nSPS) is 12.8.